The van der Waals surface area contributed by atoms with Gasteiger partial charge in [0, 0.05) is 12.0 Å². The fraction of sp³-hybridized carbons (Fsp3) is 0.647. The molecule has 0 radical (unpaired) electrons. The molecule has 0 saturated heterocycles. The summed E-state index contributed by atoms with van der Waals surface area (Å²) >= 11 is 0. The Morgan fingerprint density at radius 2 is 1.67 bits per heavy atom. The molecular formula is C17H27N. The molecule has 1 fully saturated rings. The van der Waals surface area contributed by atoms with Crippen LogP contribution in [0.5, 0.6) is 0 Å². The van der Waals surface area contributed by atoms with Gasteiger partial charge in [-0.1, -0.05) is 57.4 Å². The fourth-order valence-electron chi connectivity index (χ4n) is 3.30. The highest BCUT2D eigenvalue weighted by Gasteiger charge is 2.32. The van der Waals surface area contributed by atoms with Gasteiger partial charge in [-0.2, -0.15) is 0 Å². The molecule has 1 nitrogen and oxygen atoms in total. The van der Waals surface area contributed by atoms with E-state index in [0.717, 1.165) is 12.5 Å². The van der Waals surface area contributed by atoms with Crippen molar-refractivity contribution in [1.29, 1.82) is 0 Å². The van der Waals surface area contributed by atoms with Gasteiger partial charge in [0.05, 0.1) is 0 Å². The number of nitrogens with two attached hydrogens (primary N) is 1. The van der Waals surface area contributed by atoms with E-state index in [1.54, 1.807) is 0 Å². The molecule has 0 aromatic heterocycles. The zero-order valence-corrected chi connectivity index (χ0v) is 11.9. The minimum absolute atomic E-state index is 0.272. The van der Waals surface area contributed by atoms with E-state index >= 15 is 0 Å². The highest BCUT2D eigenvalue weighted by atomic mass is 14.6. The SMILES string of the molecule is CC(C)Cc1ccc(C2(CN)CCCCC2)cc1. The Morgan fingerprint density at radius 1 is 1.06 bits per heavy atom. The van der Waals surface area contributed by atoms with Crippen LogP contribution >= 0.6 is 0 Å². The van der Waals surface area contributed by atoms with Crippen LogP contribution in [0.1, 0.15) is 57.1 Å². The van der Waals surface area contributed by atoms with Gasteiger partial charge in [-0.3, -0.25) is 0 Å². The van der Waals surface area contributed by atoms with Gasteiger partial charge in [0.1, 0.15) is 0 Å². The van der Waals surface area contributed by atoms with E-state index in [4.69, 9.17) is 5.73 Å². The highest BCUT2D eigenvalue weighted by Crippen LogP contribution is 2.38. The molecule has 0 bridgehead atoms. The lowest BCUT2D eigenvalue weighted by atomic mass is 9.69. The Morgan fingerprint density at radius 3 is 2.17 bits per heavy atom. The van der Waals surface area contributed by atoms with Crippen molar-refractivity contribution in [2.45, 2.75) is 57.8 Å². The van der Waals surface area contributed by atoms with E-state index in [0.29, 0.717) is 0 Å². The Hall–Kier alpha value is -0.820. The monoisotopic (exact) mass is 245 g/mol. The maximum atomic E-state index is 6.09. The van der Waals surface area contributed by atoms with Crippen molar-refractivity contribution in [1.82, 2.24) is 0 Å². The van der Waals surface area contributed by atoms with E-state index in [1.807, 2.05) is 0 Å². The van der Waals surface area contributed by atoms with Crippen LogP contribution in [0.25, 0.3) is 0 Å². The molecule has 18 heavy (non-hydrogen) atoms. The average Bonchev–Trinajstić information content (AvgIpc) is 2.39. The van der Waals surface area contributed by atoms with Crippen LogP contribution in [-0.4, -0.2) is 6.54 Å². The molecule has 1 heteroatoms. The Balaban J connectivity index is 2.16. The van der Waals surface area contributed by atoms with E-state index in [2.05, 4.69) is 38.1 Å². The van der Waals surface area contributed by atoms with Gasteiger partial charge in [0.2, 0.25) is 0 Å². The summed E-state index contributed by atoms with van der Waals surface area (Å²) in [5.74, 6) is 0.731. The molecule has 2 rings (SSSR count). The van der Waals surface area contributed by atoms with Crippen molar-refractivity contribution in [2.24, 2.45) is 11.7 Å². The van der Waals surface area contributed by atoms with Crippen molar-refractivity contribution in [3.63, 3.8) is 0 Å². The number of rotatable bonds is 4. The summed E-state index contributed by atoms with van der Waals surface area (Å²) in [5.41, 5.74) is 9.29. The van der Waals surface area contributed by atoms with E-state index in [1.165, 1.54) is 49.7 Å². The third-order valence-electron chi connectivity index (χ3n) is 4.41. The molecule has 0 unspecified atom stereocenters. The Kier molecular flexibility index (Phi) is 4.45. The number of benzene rings is 1. The van der Waals surface area contributed by atoms with Gasteiger partial charge in [-0.25, -0.2) is 0 Å². The minimum atomic E-state index is 0.272. The topological polar surface area (TPSA) is 26.0 Å². The third kappa shape index (κ3) is 2.95. The second-order valence-corrected chi connectivity index (χ2v) is 6.34. The molecule has 1 aromatic rings. The zero-order valence-electron chi connectivity index (χ0n) is 11.9. The van der Waals surface area contributed by atoms with Gasteiger partial charge in [0.25, 0.3) is 0 Å². The molecule has 0 spiro atoms. The van der Waals surface area contributed by atoms with Crippen LogP contribution < -0.4 is 5.73 Å². The highest BCUT2D eigenvalue weighted by molar-refractivity contribution is 5.30. The molecule has 0 aliphatic heterocycles. The van der Waals surface area contributed by atoms with Crippen molar-refractivity contribution in [3.8, 4) is 0 Å². The maximum absolute atomic E-state index is 6.09. The molecule has 0 atom stereocenters. The zero-order chi connectivity index (χ0) is 13.0. The van der Waals surface area contributed by atoms with Gasteiger partial charge < -0.3 is 5.73 Å². The summed E-state index contributed by atoms with van der Waals surface area (Å²) < 4.78 is 0. The van der Waals surface area contributed by atoms with Crippen molar-refractivity contribution in [3.05, 3.63) is 35.4 Å². The van der Waals surface area contributed by atoms with Gasteiger partial charge in [-0.05, 0) is 36.3 Å². The van der Waals surface area contributed by atoms with Crippen molar-refractivity contribution < 1.29 is 0 Å². The minimum Gasteiger partial charge on any atom is -0.330 e. The normalized spacial score (nSPS) is 19.1. The second kappa shape index (κ2) is 5.88. The quantitative estimate of drug-likeness (QED) is 0.851. The summed E-state index contributed by atoms with van der Waals surface area (Å²) in [5, 5.41) is 0. The molecule has 1 saturated carbocycles. The molecule has 100 valence electrons. The molecule has 2 N–H and O–H groups in total. The lowest BCUT2D eigenvalue weighted by Crippen LogP contribution is -2.37. The molecule has 0 heterocycles. The Labute approximate surface area is 112 Å². The van der Waals surface area contributed by atoms with Crippen molar-refractivity contribution >= 4 is 0 Å². The van der Waals surface area contributed by atoms with Crippen molar-refractivity contribution in [2.75, 3.05) is 6.54 Å². The molecular weight excluding hydrogens is 218 g/mol. The summed E-state index contributed by atoms with van der Waals surface area (Å²) in [7, 11) is 0. The largest absolute Gasteiger partial charge is 0.330 e. The molecule has 0 amide bonds. The average molecular weight is 245 g/mol. The van der Waals surface area contributed by atoms with Crippen LogP contribution in [0.15, 0.2) is 24.3 Å². The van der Waals surface area contributed by atoms with Gasteiger partial charge in [-0.15, -0.1) is 0 Å². The first-order valence-electron chi connectivity index (χ1n) is 7.46. The van der Waals surface area contributed by atoms with Gasteiger partial charge >= 0.3 is 0 Å². The first-order valence-corrected chi connectivity index (χ1v) is 7.46. The lowest BCUT2D eigenvalue weighted by molar-refractivity contribution is 0.301. The number of hydrogen-bond acceptors (Lipinski definition) is 1. The Bertz CT molecular complexity index is 358. The molecule has 1 aliphatic rings. The fourth-order valence-corrected chi connectivity index (χ4v) is 3.30. The van der Waals surface area contributed by atoms with Crippen LogP contribution in [0, 0.1) is 5.92 Å². The standard InChI is InChI=1S/C17H27N/c1-14(2)12-15-6-8-16(9-7-15)17(13-18)10-4-3-5-11-17/h6-9,14H,3-5,10-13,18H2,1-2H3. The molecule has 1 aromatic carbocycles. The van der Waals surface area contributed by atoms with Crippen LogP contribution in [0.2, 0.25) is 0 Å². The summed E-state index contributed by atoms with van der Waals surface area (Å²) in [4.78, 5) is 0. The summed E-state index contributed by atoms with van der Waals surface area (Å²) in [6.45, 7) is 5.35. The van der Waals surface area contributed by atoms with Gasteiger partial charge in [0.15, 0.2) is 0 Å². The smallest absolute Gasteiger partial charge is 0.00755 e. The van der Waals surface area contributed by atoms with Crippen LogP contribution in [0.3, 0.4) is 0 Å². The van der Waals surface area contributed by atoms with E-state index in [9.17, 15) is 0 Å². The van der Waals surface area contributed by atoms with E-state index < -0.39 is 0 Å². The van der Waals surface area contributed by atoms with Crippen LogP contribution in [-0.2, 0) is 11.8 Å². The predicted octanol–water partition coefficient (Wildman–Crippen LogP) is 4.05. The maximum Gasteiger partial charge on any atom is 0.00755 e. The third-order valence-corrected chi connectivity index (χ3v) is 4.41. The van der Waals surface area contributed by atoms with Crippen LogP contribution in [0.4, 0.5) is 0 Å². The first-order chi connectivity index (χ1) is 8.66. The second-order valence-electron chi connectivity index (χ2n) is 6.34. The first kappa shape index (κ1) is 13.6. The predicted molar refractivity (Wildman–Crippen MR) is 78.8 cm³/mol. The lowest BCUT2D eigenvalue weighted by Gasteiger charge is -2.37. The summed E-state index contributed by atoms with van der Waals surface area (Å²) in [6, 6.07) is 9.27. The molecule has 1 aliphatic carbocycles. The number of hydrogen-bond donors (Lipinski definition) is 1. The summed E-state index contributed by atoms with van der Waals surface area (Å²) in [6.07, 6.45) is 7.78. The van der Waals surface area contributed by atoms with E-state index in [-0.39, 0.29) is 5.41 Å².